The fourth-order valence-corrected chi connectivity index (χ4v) is 4.01. The molecule has 4 rings (SSSR count). The van der Waals surface area contributed by atoms with Crippen molar-refractivity contribution in [1.29, 1.82) is 0 Å². The third-order valence-corrected chi connectivity index (χ3v) is 5.44. The van der Waals surface area contributed by atoms with Crippen LogP contribution in [0.3, 0.4) is 0 Å². The van der Waals surface area contributed by atoms with Crippen LogP contribution in [0.1, 0.15) is 44.3 Å². The fourth-order valence-electron chi connectivity index (χ4n) is 4.01. The van der Waals surface area contributed by atoms with Crippen molar-refractivity contribution in [2.75, 3.05) is 7.05 Å². The van der Waals surface area contributed by atoms with Crippen LogP contribution < -0.4 is 10.6 Å². The van der Waals surface area contributed by atoms with E-state index in [4.69, 9.17) is 0 Å². The maximum absolute atomic E-state index is 4.36. The Hall–Kier alpha value is -1.38. The minimum Gasteiger partial charge on any atom is -0.353 e. The molecule has 0 saturated heterocycles. The van der Waals surface area contributed by atoms with E-state index in [1.54, 1.807) is 0 Å². The summed E-state index contributed by atoms with van der Waals surface area (Å²) in [5, 5.41) is 15.4. The van der Waals surface area contributed by atoms with Gasteiger partial charge in [-0.05, 0) is 30.4 Å². The number of nitrogens with one attached hydrogen (secondary N) is 2. The molecule has 2 aliphatic rings. The van der Waals surface area contributed by atoms with E-state index in [9.17, 15) is 0 Å². The fraction of sp³-hybridized carbons (Fsp3) is 0.611. The summed E-state index contributed by atoms with van der Waals surface area (Å²) in [6.07, 6.45) is 10.4. The first-order chi connectivity index (χ1) is 11.8. The average molecular weight is 454 g/mol. The molecule has 2 saturated carbocycles. The minimum atomic E-state index is 0. The van der Waals surface area contributed by atoms with Crippen LogP contribution in [0.4, 0.5) is 0 Å². The smallest absolute Gasteiger partial charge is 0.191 e. The van der Waals surface area contributed by atoms with Crippen LogP contribution in [-0.4, -0.2) is 33.6 Å². The molecule has 2 unspecified atom stereocenters. The predicted octanol–water partition coefficient (Wildman–Crippen LogP) is 2.98. The van der Waals surface area contributed by atoms with E-state index in [1.807, 2.05) is 35.8 Å². The third-order valence-electron chi connectivity index (χ3n) is 5.44. The first kappa shape index (κ1) is 18.4. The van der Waals surface area contributed by atoms with E-state index < -0.39 is 0 Å². The van der Waals surface area contributed by atoms with E-state index in [1.165, 1.54) is 38.5 Å². The molecule has 2 aliphatic carbocycles. The summed E-state index contributed by atoms with van der Waals surface area (Å²) >= 11 is 0. The summed E-state index contributed by atoms with van der Waals surface area (Å²) in [5.74, 6) is 3.53. The van der Waals surface area contributed by atoms with Gasteiger partial charge in [0.15, 0.2) is 17.4 Å². The molecule has 0 aromatic carbocycles. The summed E-state index contributed by atoms with van der Waals surface area (Å²) < 4.78 is 2.00. The first-order valence-electron chi connectivity index (χ1n) is 9.11. The number of hydrogen-bond acceptors (Lipinski definition) is 3. The minimum absolute atomic E-state index is 0. The number of aromatic nitrogens is 3. The molecule has 0 bridgehead atoms. The lowest BCUT2D eigenvalue weighted by Crippen LogP contribution is -2.39. The third kappa shape index (κ3) is 4.24. The summed E-state index contributed by atoms with van der Waals surface area (Å²) in [4.78, 5) is 4.36. The highest BCUT2D eigenvalue weighted by Crippen LogP contribution is 2.44. The van der Waals surface area contributed by atoms with E-state index >= 15 is 0 Å². The Balaban J connectivity index is 0.00000182. The lowest BCUT2D eigenvalue weighted by Gasteiger charge is -2.22. The Labute approximate surface area is 165 Å². The number of guanidine groups is 1. The van der Waals surface area contributed by atoms with Gasteiger partial charge < -0.3 is 10.6 Å². The zero-order valence-electron chi connectivity index (χ0n) is 14.7. The second kappa shape index (κ2) is 8.33. The Morgan fingerprint density at radius 1 is 1.24 bits per heavy atom. The number of aliphatic imine (C=N–C) groups is 1. The van der Waals surface area contributed by atoms with E-state index in [0.29, 0.717) is 12.6 Å². The number of fused-ring (bicyclic) bond motifs is 1. The van der Waals surface area contributed by atoms with Crippen molar-refractivity contribution in [1.82, 2.24) is 25.2 Å². The molecule has 2 fully saturated rings. The molecule has 2 aromatic rings. The highest BCUT2D eigenvalue weighted by molar-refractivity contribution is 14.0. The molecular weight excluding hydrogens is 427 g/mol. The molecule has 25 heavy (non-hydrogen) atoms. The molecule has 2 N–H and O–H groups in total. The van der Waals surface area contributed by atoms with E-state index in [-0.39, 0.29) is 24.0 Å². The zero-order chi connectivity index (χ0) is 16.4. The quantitative estimate of drug-likeness (QED) is 0.424. The van der Waals surface area contributed by atoms with Crippen LogP contribution in [0.2, 0.25) is 0 Å². The first-order valence-corrected chi connectivity index (χ1v) is 9.11. The maximum Gasteiger partial charge on any atom is 0.191 e. The molecule has 6 nitrogen and oxygen atoms in total. The van der Waals surface area contributed by atoms with E-state index in [2.05, 4.69) is 25.8 Å². The number of pyridine rings is 1. The van der Waals surface area contributed by atoms with Gasteiger partial charge in [0.2, 0.25) is 0 Å². The molecule has 2 aromatic heterocycles. The van der Waals surface area contributed by atoms with Gasteiger partial charge in [0.25, 0.3) is 0 Å². The van der Waals surface area contributed by atoms with Gasteiger partial charge >= 0.3 is 0 Å². The van der Waals surface area contributed by atoms with Crippen LogP contribution in [0.15, 0.2) is 29.4 Å². The molecule has 0 aliphatic heterocycles. The van der Waals surface area contributed by atoms with Gasteiger partial charge in [-0.3, -0.25) is 9.39 Å². The van der Waals surface area contributed by atoms with Crippen molar-refractivity contribution in [2.45, 2.75) is 51.1 Å². The summed E-state index contributed by atoms with van der Waals surface area (Å²) in [6, 6.07) is 6.52. The van der Waals surface area contributed by atoms with Gasteiger partial charge in [0.1, 0.15) is 0 Å². The second-order valence-corrected chi connectivity index (χ2v) is 7.02. The highest BCUT2D eigenvalue weighted by atomic mass is 127. The van der Waals surface area contributed by atoms with Crippen molar-refractivity contribution in [3.05, 3.63) is 30.2 Å². The lowest BCUT2D eigenvalue weighted by atomic mass is 9.85. The normalized spacial score (nSPS) is 24.0. The van der Waals surface area contributed by atoms with Gasteiger partial charge in [0, 0.05) is 19.3 Å². The van der Waals surface area contributed by atoms with Gasteiger partial charge in [-0.2, -0.15) is 0 Å². The van der Waals surface area contributed by atoms with Crippen molar-refractivity contribution in [3.8, 4) is 0 Å². The standard InChI is InChI=1S/C18H26N6.HI/c1-19-18(21-15-11-14(15)13-7-3-2-4-8-13)20-12-17-23-22-16-9-5-6-10-24(16)17;/h5-6,9-10,13-15H,2-4,7-8,11-12H2,1H3,(H2,19,20,21);1H. The van der Waals surface area contributed by atoms with Crippen molar-refractivity contribution >= 4 is 35.6 Å². The summed E-state index contributed by atoms with van der Waals surface area (Å²) in [7, 11) is 1.83. The van der Waals surface area contributed by atoms with Gasteiger partial charge in [-0.15, -0.1) is 34.2 Å². The predicted molar refractivity (Wildman–Crippen MR) is 110 cm³/mol. The monoisotopic (exact) mass is 454 g/mol. The molecular formula is C18H27IN6. The second-order valence-electron chi connectivity index (χ2n) is 7.02. The molecule has 0 radical (unpaired) electrons. The topological polar surface area (TPSA) is 66.6 Å². The molecule has 7 heteroatoms. The van der Waals surface area contributed by atoms with Crippen molar-refractivity contribution < 1.29 is 0 Å². The number of nitrogens with zero attached hydrogens (tertiary/aromatic N) is 4. The average Bonchev–Trinajstić information content (AvgIpc) is 3.29. The number of hydrogen-bond donors (Lipinski definition) is 2. The van der Waals surface area contributed by atoms with Crippen molar-refractivity contribution in [3.63, 3.8) is 0 Å². The summed E-state index contributed by atoms with van der Waals surface area (Å²) in [6.45, 7) is 0.617. The van der Waals surface area contributed by atoms with Gasteiger partial charge in [0.05, 0.1) is 6.54 Å². The molecule has 0 spiro atoms. The Morgan fingerprint density at radius 3 is 2.88 bits per heavy atom. The number of rotatable bonds is 4. The molecule has 136 valence electrons. The maximum atomic E-state index is 4.36. The van der Waals surface area contributed by atoms with Crippen LogP contribution in [-0.2, 0) is 6.54 Å². The Bertz CT molecular complexity index is 721. The molecule has 2 atom stereocenters. The lowest BCUT2D eigenvalue weighted by molar-refractivity contribution is 0.315. The van der Waals surface area contributed by atoms with Crippen LogP contribution in [0.5, 0.6) is 0 Å². The number of halogens is 1. The van der Waals surface area contributed by atoms with Crippen LogP contribution in [0, 0.1) is 11.8 Å². The largest absolute Gasteiger partial charge is 0.353 e. The van der Waals surface area contributed by atoms with Crippen LogP contribution in [0.25, 0.3) is 5.65 Å². The van der Waals surface area contributed by atoms with Crippen LogP contribution >= 0.6 is 24.0 Å². The SMILES string of the molecule is CN=C(NCc1nnc2ccccn12)NC1CC1C1CCCCC1.I. The van der Waals surface area contributed by atoms with E-state index in [0.717, 1.165) is 29.3 Å². The molecule has 2 heterocycles. The Morgan fingerprint density at radius 2 is 2.08 bits per heavy atom. The highest BCUT2D eigenvalue weighted by Gasteiger charge is 2.43. The molecule has 0 amide bonds. The van der Waals surface area contributed by atoms with Crippen molar-refractivity contribution in [2.24, 2.45) is 16.8 Å². The van der Waals surface area contributed by atoms with Gasteiger partial charge in [-0.25, -0.2) is 0 Å². The zero-order valence-corrected chi connectivity index (χ0v) is 17.0. The van der Waals surface area contributed by atoms with Gasteiger partial charge in [-0.1, -0.05) is 38.2 Å². The Kier molecular flexibility index (Phi) is 6.14. The summed E-state index contributed by atoms with van der Waals surface area (Å²) in [5.41, 5.74) is 0.872.